The second-order valence-electron chi connectivity index (χ2n) is 2.98. The van der Waals surface area contributed by atoms with Crippen LogP contribution in [0, 0.1) is 0 Å². The molecule has 1 aliphatic rings. The van der Waals surface area contributed by atoms with Crippen LogP contribution in [-0.2, 0) is 4.79 Å². The van der Waals surface area contributed by atoms with Crippen LogP contribution in [-0.4, -0.2) is 23.5 Å². The van der Waals surface area contributed by atoms with E-state index in [1.807, 2.05) is 5.38 Å². The summed E-state index contributed by atoms with van der Waals surface area (Å²) in [5, 5.41) is 8.43. The van der Waals surface area contributed by atoms with Crippen LogP contribution < -0.4 is 10.6 Å². The van der Waals surface area contributed by atoms with Crippen LogP contribution in [0.4, 0.5) is 5.13 Å². The molecule has 1 amide bonds. The third kappa shape index (κ3) is 2.67. The number of thiazole rings is 1. The topological polar surface area (TPSA) is 54.0 Å². The molecule has 0 saturated carbocycles. The molecule has 1 fully saturated rings. The van der Waals surface area contributed by atoms with E-state index in [4.69, 9.17) is 0 Å². The highest BCUT2D eigenvalue weighted by molar-refractivity contribution is 7.13. The van der Waals surface area contributed by atoms with E-state index >= 15 is 0 Å². The second-order valence-corrected chi connectivity index (χ2v) is 3.87. The van der Waals surface area contributed by atoms with Crippen molar-refractivity contribution in [3.8, 4) is 0 Å². The molecule has 1 saturated heterocycles. The largest absolute Gasteiger partial charge is 0.306 e. The number of halogens is 1. The number of amides is 1. The summed E-state index contributed by atoms with van der Waals surface area (Å²) in [5.41, 5.74) is 0. The lowest BCUT2D eigenvalue weighted by Crippen LogP contribution is -2.35. The van der Waals surface area contributed by atoms with Crippen molar-refractivity contribution in [3.05, 3.63) is 11.6 Å². The average molecular weight is 234 g/mol. The molecule has 2 heterocycles. The van der Waals surface area contributed by atoms with Crippen LogP contribution in [0.1, 0.15) is 12.8 Å². The Morgan fingerprint density at radius 2 is 2.57 bits per heavy atom. The van der Waals surface area contributed by atoms with Crippen molar-refractivity contribution >= 4 is 34.8 Å². The van der Waals surface area contributed by atoms with Crippen LogP contribution >= 0.6 is 23.7 Å². The van der Waals surface area contributed by atoms with Gasteiger partial charge in [0.1, 0.15) is 0 Å². The van der Waals surface area contributed by atoms with Crippen molar-refractivity contribution in [1.82, 2.24) is 10.3 Å². The standard InChI is InChI=1S/C8H11N3OS.ClH/c12-7(6-2-1-3-9-6)11-8-10-4-5-13-8;/h4-6,9H,1-3H2,(H,10,11,12);1H. The molecule has 6 heteroatoms. The summed E-state index contributed by atoms with van der Waals surface area (Å²) >= 11 is 1.44. The molecule has 0 aliphatic carbocycles. The van der Waals surface area contributed by atoms with E-state index in [1.54, 1.807) is 6.20 Å². The number of nitrogens with one attached hydrogen (secondary N) is 2. The Kier molecular flexibility index (Phi) is 4.31. The van der Waals surface area contributed by atoms with E-state index in [9.17, 15) is 4.79 Å². The second kappa shape index (κ2) is 5.29. The minimum Gasteiger partial charge on any atom is -0.306 e. The van der Waals surface area contributed by atoms with Crippen molar-refractivity contribution < 1.29 is 4.79 Å². The monoisotopic (exact) mass is 233 g/mol. The van der Waals surface area contributed by atoms with Crippen LogP contribution in [0.3, 0.4) is 0 Å². The number of carbonyl (C=O) groups excluding carboxylic acids is 1. The summed E-state index contributed by atoms with van der Waals surface area (Å²) in [7, 11) is 0. The molecule has 0 radical (unpaired) electrons. The highest BCUT2D eigenvalue weighted by atomic mass is 35.5. The van der Waals surface area contributed by atoms with Crippen LogP contribution in [0.5, 0.6) is 0 Å². The first-order valence-electron chi connectivity index (χ1n) is 4.30. The molecule has 0 spiro atoms. The predicted molar refractivity (Wildman–Crippen MR) is 59.0 cm³/mol. The molecule has 1 aliphatic heterocycles. The Morgan fingerprint density at radius 1 is 1.71 bits per heavy atom. The molecule has 0 bridgehead atoms. The zero-order valence-corrected chi connectivity index (χ0v) is 9.16. The Hall–Kier alpha value is -0.650. The molecule has 1 atom stereocenters. The van der Waals surface area contributed by atoms with E-state index in [-0.39, 0.29) is 24.4 Å². The maximum absolute atomic E-state index is 11.5. The van der Waals surface area contributed by atoms with Gasteiger partial charge in [-0.15, -0.1) is 23.7 Å². The predicted octanol–water partition coefficient (Wildman–Crippen LogP) is 1.26. The number of nitrogens with zero attached hydrogens (tertiary/aromatic N) is 1. The van der Waals surface area contributed by atoms with Crippen LogP contribution in [0.15, 0.2) is 11.6 Å². The Labute approximate surface area is 92.5 Å². The summed E-state index contributed by atoms with van der Waals surface area (Å²) < 4.78 is 0. The Bertz CT molecular complexity index is 285. The van der Waals surface area contributed by atoms with Crippen molar-refractivity contribution in [2.45, 2.75) is 18.9 Å². The van der Waals surface area contributed by atoms with Gasteiger partial charge in [-0.1, -0.05) is 0 Å². The van der Waals surface area contributed by atoms with Gasteiger partial charge in [0.25, 0.3) is 0 Å². The van der Waals surface area contributed by atoms with Gasteiger partial charge in [-0.2, -0.15) is 0 Å². The zero-order valence-electron chi connectivity index (χ0n) is 7.53. The van der Waals surface area contributed by atoms with E-state index < -0.39 is 0 Å². The molecule has 2 rings (SSSR count). The van der Waals surface area contributed by atoms with E-state index in [1.165, 1.54) is 11.3 Å². The van der Waals surface area contributed by atoms with Gasteiger partial charge in [0.15, 0.2) is 5.13 Å². The van der Waals surface area contributed by atoms with Crippen molar-refractivity contribution in [3.63, 3.8) is 0 Å². The molecule has 4 nitrogen and oxygen atoms in total. The van der Waals surface area contributed by atoms with Gasteiger partial charge in [-0.05, 0) is 19.4 Å². The zero-order chi connectivity index (χ0) is 9.10. The summed E-state index contributed by atoms with van der Waals surface area (Å²) in [6.07, 6.45) is 3.69. The highest BCUT2D eigenvalue weighted by Crippen LogP contribution is 2.12. The Balaban J connectivity index is 0.000000980. The molecular weight excluding hydrogens is 222 g/mol. The Morgan fingerprint density at radius 3 is 3.14 bits per heavy atom. The summed E-state index contributed by atoms with van der Waals surface area (Å²) in [4.78, 5) is 15.5. The number of rotatable bonds is 2. The molecule has 1 unspecified atom stereocenters. The smallest absolute Gasteiger partial charge is 0.243 e. The molecule has 1 aromatic rings. The third-order valence-corrected chi connectivity index (χ3v) is 2.73. The van der Waals surface area contributed by atoms with Gasteiger partial charge in [-0.3, -0.25) is 4.79 Å². The fourth-order valence-electron chi connectivity index (χ4n) is 1.39. The lowest BCUT2D eigenvalue weighted by molar-refractivity contribution is -0.117. The summed E-state index contributed by atoms with van der Waals surface area (Å²) in [5.74, 6) is 0.0347. The summed E-state index contributed by atoms with van der Waals surface area (Å²) in [6.45, 7) is 0.940. The van der Waals surface area contributed by atoms with Gasteiger partial charge in [-0.25, -0.2) is 4.98 Å². The maximum Gasteiger partial charge on any atom is 0.243 e. The van der Waals surface area contributed by atoms with Gasteiger partial charge in [0, 0.05) is 11.6 Å². The minimum absolute atomic E-state index is 0. The van der Waals surface area contributed by atoms with Crippen LogP contribution in [0.25, 0.3) is 0 Å². The normalized spacial score (nSPS) is 20.1. The average Bonchev–Trinajstić information content (AvgIpc) is 2.74. The number of anilines is 1. The van der Waals surface area contributed by atoms with E-state index in [2.05, 4.69) is 15.6 Å². The molecule has 1 aromatic heterocycles. The first-order chi connectivity index (χ1) is 6.36. The number of carbonyl (C=O) groups is 1. The van der Waals surface area contributed by atoms with Crippen molar-refractivity contribution in [2.24, 2.45) is 0 Å². The van der Waals surface area contributed by atoms with Crippen LogP contribution in [0.2, 0.25) is 0 Å². The van der Waals surface area contributed by atoms with Gasteiger partial charge < -0.3 is 10.6 Å². The quantitative estimate of drug-likeness (QED) is 0.809. The third-order valence-electron chi connectivity index (χ3n) is 2.04. The van der Waals surface area contributed by atoms with Gasteiger partial charge in [0.05, 0.1) is 6.04 Å². The molecular formula is C8H12ClN3OS. The SMILES string of the molecule is Cl.O=C(Nc1nccs1)C1CCCN1. The fourth-order valence-corrected chi connectivity index (χ4v) is 1.92. The van der Waals surface area contributed by atoms with Gasteiger partial charge >= 0.3 is 0 Å². The van der Waals surface area contributed by atoms with Crippen molar-refractivity contribution in [2.75, 3.05) is 11.9 Å². The first kappa shape index (κ1) is 11.4. The lowest BCUT2D eigenvalue weighted by atomic mass is 10.2. The number of hydrogen-bond acceptors (Lipinski definition) is 4. The van der Waals surface area contributed by atoms with E-state index in [0.717, 1.165) is 19.4 Å². The van der Waals surface area contributed by atoms with Crippen molar-refractivity contribution in [1.29, 1.82) is 0 Å². The van der Waals surface area contributed by atoms with Gasteiger partial charge in [0.2, 0.25) is 5.91 Å². The number of hydrogen-bond donors (Lipinski definition) is 2. The minimum atomic E-state index is -0.0242. The molecule has 2 N–H and O–H groups in total. The van der Waals surface area contributed by atoms with E-state index in [0.29, 0.717) is 5.13 Å². The molecule has 14 heavy (non-hydrogen) atoms. The number of aromatic nitrogens is 1. The molecule has 0 aromatic carbocycles. The highest BCUT2D eigenvalue weighted by Gasteiger charge is 2.22. The fraction of sp³-hybridized carbons (Fsp3) is 0.500. The first-order valence-corrected chi connectivity index (χ1v) is 5.18. The maximum atomic E-state index is 11.5. The lowest BCUT2D eigenvalue weighted by Gasteiger charge is -2.08. The summed E-state index contributed by atoms with van der Waals surface area (Å²) in [6, 6.07) is -0.0242. The molecule has 78 valence electrons.